The van der Waals surface area contributed by atoms with Crippen molar-refractivity contribution in [1.82, 2.24) is 10.2 Å². The van der Waals surface area contributed by atoms with Crippen molar-refractivity contribution in [2.75, 3.05) is 31.5 Å². The van der Waals surface area contributed by atoms with Crippen molar-refractivity contribution >= 4 is 17.5 Å². The largest absolute Gasteiger partial charge is 0.573 e. The van der Waals surface area contributed by atoms with E-state index in [1.54, 1.807) is 35.2 Å². The van der Waals surface area contributed by atoms with Crippen molar-refractivity contribution in [1.29, 1.82) is 0 Å². The van der Waals surface area contributed by atoms with Gasteiger partial charge < -0.3 is 25.4 Å². The molecule has 0 aliphatic carbocycles. The maximum Gasteiger partial charge on any atom is 0.573 e. The number of nitrogens with one attached hydrogen (secondary N) is 2. The van der Waals surface area contributed by atoms with Crippen molar-refractivity contribution in [3.8, 4) is 22.6 Å². The quantitative estimate of drug-likeness (QED) is 0.503. The van der Waals surface area contributed by atoms with Crippen LogP contribution in [0.3, 0.4) is 0 Å². The molecule has 4 rings (SSSR count). The third kappa shape index (κ3) is 6.30. The summed E-state index contributed by atoms with van der Waals surface area (Å²) in [4.78, 5) is 27.1. The lowest BCUT2D eigenvalue weighted by Gasteiger charge is -2.27. The molecule has 3 aromatic rings. The first-order valence-corrected chi connectivity index (χ1v) is 10.8. The Morgan fingerprint density at radius 2 is 1.54 bits per heavy atom. The molecular weight excluding hydrogens is 463 g/mol. The third-order valence-electron chi connectivity index (χ3n) is 5.40. The van der Waals surface area contributed by atoms with Crippen molar-refractivity contribution in [3.05, 3.63) is 77.9 Å². The molecule has 0 saturated carbocycles. The molecule has 0 bridgehead atoms. The van der Waals surface area contributed by atoms with Crippen molar-refractivity contribution in [2.24, 2.45) is 0 Å². The Morgan fingerprint density at radius 3 is 2.17 bits per heavy atom. The summed E-state index contributed by atoms with van der Waals surface area (Å²) >= 11 is 0. The molecule has 3 N–H and O–H groups in total. The van der Waals surface area contributed by atoms with Crippen molar-refractivity contribution in [2.45, 2.75) is 6.36 Å². The molecule has 0 aromatic heterocycles. The minimum Gasteiger partial charge on any atom is -0.508 e. The maximum atomic E-state index is 12.7. The fourth-order valence-electron chi connectivity index (χ4n) is 3.71. The van der Waals surface area contributed by atoms with E-state index in [1.165, 1.54) is 24.3 Å². The minimum atomic E-state index is -4.81. The van der Waals surface area contributed by atoms with E-state index in [0.717, 1.165) is 25.2 Å². The molecule has 10 heteroatoms. The Bertz CT molecular complexity index is 1210. The van der Waals surface area contributed by atoms with Crippen LogP contribution in [-0.4, -0.2) is 54.4 Å². The Balaban J connectivity index is 1.47. The van der Waals surface area contributed by atoms with Crippen molar-refractivity contribution in [3.63, 3.8) is 0 Å². The van der Waals surface area contributed by atoms with Gasteiger partial charge >= 0.3 is 6.36 Å². The first-order valence-electron chi connectivity index (χ1n) is 10.8. The van der Waals surface area contributed by atoms with Crippen LogP contribution in [0.5, 0.6) is 11.5 Å². The fourth-order valence-corrected chi connectivity index (χ4v) is 3.71. The van der Waals surface area contributed by atoms with Gasteiger partial charge in [0.25, 0.3) is 11.8 Å². The first-order chi connectivity index (χ1) is 16.7. The van der Waals surface area contributed by atoms with Gasteiger partial charge in [0.1, 0.15) is 11.5 Å². The minimum absolute atomic E-state index is 0.0549. The SMILES string of the molecule is O=C(Nc1ccc(OC(F)(F)F)cc1)c1cc(O)cc(-c2ccc(C(=O)N3CCNCC3)cc2)c1. The summed E-state index contributed by atoms with van der Waals surface area (Å²) in [6, 6.07) is 15.9. The monoisotopic (exact) mass is 485 g/mol. The van der Waals surface area contributed by atoms with E-state index >= 15 is 0 Å². The summed E-state index contributed by atoms with van der Waals surface area (Å²) < 4.78 is 40.7. The van der Waals surface area contributed by atoms with Crippen LogP contribution in [0.1, 0.15) is 20.7 Å². The van der Waals surface area contributed by atoms with E-state index in [0.29, 0.717) is 29.8 Å². The number of halogens is 3. The number of phenols is 1. The zero-order chi connectivity index (χ0) is 25.0. The maximum absolute atomic E-state index is 12.7. The number of rotatable bonds is 5. The molecule has 7 nitrogen and oxygen atoms in total. The summed E-state index contributed by atoms with van der Waals surface area (Å²) in [5, 5.41) is 15.9. The number of piperazine rings is 1. The number of alkyl halides is 3. The molecule has 0 spiro atoms. The summed E-state index contributed by atoms with van der Waals surface area (Å²) in [6.07, 6.45) is -4.81. The highest BCUT2D eigenvalue weighted by Gasteiger charge is 2.31. The van der Waals surface area contributed by atoms with Crippen molar-refractivity contribution < 1.29 is 32.6 Å². The van der Waals surface area contributed by atoms with Crippen LogP contribution in [0.4, 0.5) is 18.9 Å². The predicted molar refractivity (Wildman–Crippen MR) is 123 cm³/mol. The van der Waals surface area contributed by atoms with Crippen LogP contribution in [0, 0.1) is 0 Å². The molecule has 1 aliphatic rings. The number of benzene rings is 3. The number of carbonyl (C=O) groups excluding carboxylic acids is 2. The Hall–Kier alpha value is -4.05. The lowest BCUT2D eigenvalue weighted by Crippen LogP contribution is -2.46. The molecule has 0 atom stereocenters. The fraction of sp³-hybridized carbons (Fsp3) is 0.200. The summed E-state index contributed by atoms with van der Waals surface area (Å²) in [7, 11) is 0. The molecule has 3 aromatic carbocycles. The number of hydrogen-bond donors (Lipinski definition) is 3. The number of amides is 2. The number of carbonyl (C=O) groups is 2. The van der Waals surface area contributed by atoms with Crippen LogP contribution < -0.4 is 15.4 Å². The van der Waals surface area contributed by atoms with Crippen LogP contribution in [0.15, 0.2) is 66.7 Å². The second kappa shape index (κ2) is 10.1. The average Bonchev–Trinajstić information content (AvgIpc) is 2.84. The Morgan fingerprint density at radius 1 is 0.886 bits per heavy atom. The van der Waals surface area contributed by atoms with Gasteiger partial charge in [0, 0.05) is 43.0 Å². The second-order valence-corrected chi connectivity index (χ2v) is 7.91. The van der Waals surface area contributed by atoms with Gasteiger partial charge in [0.2, 0.25) is 0 Å². The molecule has 35 heavy (non-hydrogen) atoms. The van der Waals surface area contributed by atoms with Gasteiger partial charge in [-0.3, -0.25) is 9.59 Å². The average molecular weight is 485 g/mol. The van der Waals surface area contributed by atoms with E-state index in [1.807, 2.05) is 0 Å². The number of hydrogen-bond acceptors (Lipinski definition) is 5. The second-order valence-electron chi connectivity index (χ2n) is 7.91. The molecule has 1 saturated heterocycles. The predicted octanol–water partition coefficient (Wildman–Crippen LogP) is 4.26. The highest BCUT2D eigenvalue weighted by atomic mass is 19.4. The lowest BCUT2D eigenvalue weighted by molar-refractivity contribution is -0.274. The Labute approximate surface area is 199 Å². The van der Waals surface area contributed by atoms with Crippen LogP contribution in [0.25, 0.3) is 11.1 Å². The molecule has 1 aliphatic heterocycles. The van der Waals surface area contributed by atoms with Crippen LogP contribution >= 0.6 is 0 Å². The van der Waals surface area contributed by atoms with Gasteiger partial charge in [-0.25, -0.2) is 0 Å². The molecule has 2 amide bonds. The van der Waals surface area contributed by atoms with E-state index in [2.05, 4.69) is 15.4 Å². The third-order valence-corrected chi connectivity index (χ3v) is 5.40. The molecule has 1 heterocycles. The van der Waals surface area contributed by atoms with Gasteiger partial charge in [-0.05, 0) is 65.7 Å². The van der Waals surface area contributed by atoms with Gasteiger partial charge in [0.15, 0.2) is 0 Å². The summed E-state index contributed by atoms with van der Waals surface area (Å²) in [6.45, 7) is 2.79. The molecule has 1 fully saturated rings. The van der Waals surface area contributed by atoms with Gasteiger partial charge in [0.05, 0.1) is 0 Å². The van der Waals surface area contributed by atoms with Gasteiger partial charge in [-0.2, -0.15) is 0 Å². The van der Waals surface area contributed by atoms with E-state index in [9.17, 15) is 27.9 Å². The highest BCUT2D eigenvalue weighted by Crippen LogP contribution is 2.28. The smallest absolute Gasteiger partial charge is 0.508 e. The summed E-state index contributed by atoms with van der Waals surface area (Å²) in [5.41, 5.74) is 2.21. The number of aromatic hydroxyl groups is 1. The first kappa shape index (κ1) is 24.1. The van der Waals surface area contributed by atoms with Gasteiger partial charge in [-0.1, -0.05) is 12.1 Å². The molecule has 182 valence electrons. The number of phenolic OH excluding ortho intramolecular Hbond substituents is 1. The molecule has 0 unspecified atom stereocenters. The number of nitrogens with zero attached hydrogens (tertiary/aromatic N) is 1. The lowest BCUT2D eigenvalue weighted by atomic mass is 10.0. The van der Waals surface area contributed by atoms with Gasteiger partial charge in [-0.15, -0.1) is 13.2 Å². The Kier molecular flexibility index (Phi) is 6.92. The number of ether oxygens (including phenoxy) is 1. The zero-order valence-electron chi connectivity index (χ0n) is 18.4. The normalized spacial score (nSPS) is 13.9. The van der Waals surface area contributed by atoms with Crippen LogP contribution in [-0.2, 0) is 0 Å². The van der Waals surface area contributed by atoms with Crippen LogP contribution in [0.2, 0.25) is 0 Å². The summed E-state index contributed by atoms with van der Waals surface area (Å²) in [5.74, 6) is -1.16. The molecule has 0 radical (unpaired) electrons. The topological polar surface area (TPSA) is 90.9 Å². The zero-order valence-corrected chi connectivity index (χ0v) is 18.4. The standard InChI is InChI=1S/C25H22F3N3O4/c26-25(27,28)35-22-7-5-20(6-8-22)30-23(33)19-13-18(14-21(32)15-19)16-1-3-17(4-2-16)24(34)31-11-9-29-10-12-31/h1-8,13-15,29,32H,9-12H2,(H,30,33). The van der Waals surface area contributed by atoms with E-state index < -0.39 is 18.0 Å². The highest BCUT2D eigenvalue weighted by molar-refractivity contribution is 6.05. The number of anilines is 1. The van der Waals surface area contributed by atoms with E-state index in [-0.39, 0.29) is 22.9 Å². The molecular formula is C25H22F3N3O4. The van der Waals surface area contributed by atoms with E-state index in [4.69, 9.17) is 0 Å².